The number of benzene rings is 1. The third-order valence-electron chi connectivity index (χ3n) is 5.15. The predicted octanol–water partition coefficient (Wildman–Crippen LogP) is 2.85. The normalized spacial score (nSPS) is 23.2. The van der Waals surface area contributed by atoms with Crippen molar-refractivity contribution >= 4 is 41.0 Å². The molecule has 2 fully saturated rings. The van der Waals surface area contributed by atoms with Gasteiger partial charge in [-0.3, -0.25) is 14.4 Å². The standard InChI is InChI=1S/C21H26N2O5S/c1-13(2)10-18(25)22-15-6-4-14(5-7-15)17(24)11-28-20(27)16-12-29-21(3)9-8-19(26)23(16)21/h4-7,13,16H,8-12H2,1-3H3,(H,22,25). The molecule has 2 heterocycles. The number of nitrogens with zero attached hydrogens (tertiary/aromatic N) is 1. The number of Topliss-reactive ketones (excluding diaryl/α,β-unsaturated/α-hetero) is 1. The number of fused-ring (bicyclic) bond motifs is 1. The van der Waals surface area contributed by atoms with Crippen LogP contribution in [-0.4, -0.2) is 51.7 Å². The molecule has 2 amide bonds. The van der Waals surface area contributed by atoms with Gasteiger partial charge in [0.05, 0.1) is 4.87 Å². The molecule has 3 rings (SSSR count). The van der Waals surface area contributed by atoms with Gasteiger partial charge in [-0.15, -0.1) is 11.8 Å². The van der Waals surface area contributed by atoms with Crippen molar-refractivity contribution in [2.24, 2.45) is 5.92 Å². The second kappa shape index (κ2) is 8.57. The maximum Gasteiger partial charge on any atom is 0.330 e. The van der Waals surface area contributed by atoms with Crippen LogP contribution in [-0.2, 0) is 19.1 Å². The molecule has 2 atom stereocenters. The maximum atomic E-state index is 12.4. The van der Waals surface area contributed by atoms with E-state index < -0.39 is 12.0 Å². The van der Waals surface area contributed by atoms with Gasteiger partial charge in [-0.1, -0.05) is 13.8 Å². The van der Waals surface area contributed by atoms with E-state index in [1.54, 1.807) is 40.9 Å². The summed E-state index contributed by atoms with van der Waals surface area (Å²) in [7, 11) is 0. The SMILES string of the molecule is CC(C)CC(=O)Nc1ccc(C(=O)COC(=O)C2CSC3(C)CCC(=O)N23)cc1. The van der Waals surface area contributed by atoms with Crippen molar-refractivity contribution in [2.45, 2.75) is 50.9 Å². The van der Waals surface area contributed by atoms with Gasteiger partial charge in [0.15, 0.2) is 12.4 Å². The van der Waals surface area contributed by atoms with Gasteiger partial charge in [0.1, 0.15) is 6.04 Å². The average Bonchev–Trinajstić information content (AvgIpc) is 3.15. The molecule has 156 valence electrons. The highest BCUT2D eigenvalue weighted by Crippen LogP contribution is 2.47. The van der Waals surface area contributed by atoms with Crippen molar-refractivity contribution in [3.63, 3.8) is 0 Å². The number of ether oxygens (including phenoxy) is 1. The molecule has 0 bridgehead atoms. The van der Waals surface area contributed by atoms with E-state index in [-0.39, 0.29) is 35.0 Å². The van der Waals surface area contributed by atoms with Gasteiger partial charge in [-0.2, -0.15) is 0 Å². The monoisotopic (exact) mass is 418 g/mol. The minimum absolute atomic E-state index is 0.0409. The number of nitrogens with one attached hydrogen (secondary N) is 1. The Hall–Kier alpha value is -2.35. The predicted molar refractivity (Wildman–Crippen MR) is 111 cm³/mol. The van der Waals surface area contributed by atoms with Gasteiger partial charge < -0.3 is 15.0 Å². The van der Waals surface area contributed by atoms with E-state index in [0.717, 1.165) is 6.42 Å². The van der Waals surface area contributed by atoms with E-state index in [1.165, 1.54) is 0 Å². The number of hydrogen-bond acceptors (Lipinski definition) is 6. The molecule has 2 saturated heterocycles. The number of esters is 1. The fourth-order valence-corrected chi connectivity index (χ4v) is 5.05. The van der Waals surface area contributed by atoms with Crippen LogP contribution in [0.5, 0.6) is 0 Å². The Morgan fingerprint density at radius 1 is 1.28 bits per heavy atom. The number of carbonyl (C=O) groups excluding carboxylic acids is 4. The second-order valence-electron chi connectivity index (χ2n) is 8.02. The Balaban J connectivity index is 1.52. The lowest BCUT2D eigenvalue weighted by Crippen LogP contribution is -2.46. The first-order chi connectivity index (χ1) is 13.7. The fourth-order valence-electron chi connectivity index (χ4n) is 3.63. The van der Waals surface area contributed by atoms with E-state index in [4.69, 9.17) is 4.74 Å². The highest BCUT2D eigenvalue weighted by molar-refractivity contribution is 8.01. The van der Waals surface area contributed by atoms with Gasteiger partial charge in [0.2, 0.25) is 11.8 Å². The number of rotatable bonds is 7. The number of hydrogen-bond donors (Lipinski definition) is 1. The van der Waals surface area contributed by atoms with Crippen LogP contribution in [0.2, 0.25) is 0 Å². The number of carbonyl (C=O) groups is 4. The fraction of sp³-hybridized carbons (Fsp3) is 0.524. The Morgan fingerprint density at radius 2 is 1.97 bits per heavy atom. The van der Waals surface area contributed by atoms with Crippen molar-refractivity contribution in [3.05, 3.63) is 29.8 Å². The van der Waals surface area contributed by atoms with Crippen LogP contribution in [0.3, 0.4) is 0 Å². The van der Waals surface area contributed by atoms with Gasteiger partial charge in [0, 0.05) is 29.8 Å². The molecule has 0 spiro atoms. The molecule has 0 aliphatic carbocycles. The Kier molecular flexibility index (Phi) is 6.31. The van der Waals surface area contributed by atoms with Crippen molar-refractivity contribution in [1.29, 1.82) is 0 Å². The van der Waals surface area contributed by atoms with Gasteiger partial charge in [-0.25, -0.2) is 4.79 Å². The molecule has 7 nitrogen and oxygen atoms in total. The van der Waals surface area contributed by atoms with Crippen LogP contribution in [0.15, 0.2) is 24.3 Å². The molecule has 2 aliphatic rings. The smallest absolute Gasteiger partial charge is 0.330 e. The third-order valence-corrected chi connectivity index (χ3v) is 6.65. The summed E-state index contributed by atoms with van der Waals surface area (Å²) in [6, 6.07) is 5.84. The van der Waals surface area contributed by atoms with Crippen LogP contribution in [0.25, 0.3) is 0 Å². The van der Waals surface area contributed by atoms with Crippen LogP contribution in [0.1, 0.15) is 50.4 Å². The minimum Gasteiger partial charge on any atom is -0.456 e. The highest BCUT2D eigenvalue weighted by Gasteiger charge is 2.53. The summed E-state index contributed by atoms with van der Waals surface area (Å²) in [5.41, 5.74) is 1.00. The van der Waals surface area contributed by atoms with Crippen molar-refractivity contribution < 1.29 is 23.9 Å². The van der Waals surface area contributed by atoms with Crippen molar-refractivity contribution in [3.8, 4) is 0 Å². The number of ketones is 1. The molecule has 1 N–H and O–H groups in total. The Bertz CT molecular complexity index is 823. The van der Waals surface area contributed by atoms with Crippen LogP contribution in [0.4, 0.5) is 5.69 Å². The zero-order valence-corrected chi connectivity index (χ0v) is 17.7. The summed E-state index contributed by atoms with van der Waals surface area (Å²) in [5.74, 6) is -0.244. The van der Waals surface area contributed by atoms with Gasteiger partial charge in [0.25, 0.3) is 0 Å². The molecule has 29 heavy (non-hydrogen) atoms. The third kappa shape index (κ3) is 4.80. The number of amides is 2. The first-order valence-corrected chi connectivity index (χ1v) is 10.7. The van der Waals surface area contributed by atoms with Crippen LogP contribution < -0.4 is 5.32 Å². The van der Waals surface area contributed by atoms with E-state index >= 15 is 0 Å². The molecule has 2 unspecified atom stereocenters. The zero-order chi connectivity index (χ0) is 21.2. The topological polar surface area (TPSA) is 92.8 Å². The van der Waals surface area contributed by atoms with Crippen molar-refractivity contribution in [2.75, 3.05) is 17.7 Å². The Morgan fingerprint density at radius 3 is 2.62 bits per heavy atom. The van der Waals surface area contributed by atoms with Gasteiger partial charge >= 0.3 is 5.97 Å². The van der Waals surface area contributed by atoms with Crippen molar-refractivity contribution in [1.82, 2.24) is 4.90 Å². The quantitative estimate of drug-likeness (QED) is 0.541. The lowest BCUT2D eigenvalue weighted by Gasteiger charge is -2.29. The zero-order valence-electron chi connectivity index (χ0n) is 16.9. The summed E-state index contributed by atoms with van der Waals surface area (Å²) >= 11 is 1.58. The first-order valence-electron chi connectivity index (χ1n) is 9.75. The lowest BCUT2D eigenvalue weighted by atomic mass is 10.1. The first kappa shape index (κ1) is 21.4. The van der Waals surface area contributed by atoms with Crippen LogP contribution >= 0.6 is 11.8 Å². The van der Waals surface area contributed by atoms with E-state index in [1.807, 2.05) is 20.8 Å². The minimum atomic E-state index is -0.633. The molecule has 1 aromatic rings. The lowest BCUT2D eigenvalue weighted by molar-refractivity contribution is -0.152. The molecular weight excluding hydrogens is 392 g/mol. The molecule has 0 radical (unpaired) electrons. The summed E-state index contributed by atoms with van der Waals surface area (Å²) < 4.78 is 5.22. The molecule has 0 saturated carbocycles. The van der Waals surface area contributed by atoms with E-state index in [2.05, 4.69) is 5.32 Å². The summed E-state index contributed by atoms with van der Waals surface area (Å²) in [4.78, 5) is 50.0. The molecule has 2 aliphatic heterocycles. The molecule has 0 aromatic heterocycles. The highest BCUT2D eigenvalue weighted by atomic mass is 32.2. The van der Waals surface area contributed by atoms with E-state index in [0.29, 0.717) is 29.8 Å². The molecule has 1 aromatic carbocycles. The summed E-state index contributed by atoms with van der Waals surface area (Å²) in [5, 5.41) is 2.78. The van der Waals surface area contributed by atoms with E-state index in [9.17, 15) is 19.2 Å². The molecular formula is C21H26N2O5S. The number of thioether (sulfide) groups is 1. The molecule has 8 heteroatoms. The van der Waals surface area contributed by atoms with Gasteiger partial charge in [-0.05, 0) is 43.5 Å². The number of anilines is 1. The average molecular weight is 419 g/mol. The summed E-state index contributed by atoms with van der Waals surface area (Å²) in [6.07, 6.45) is 1.58. The largest absolute Gasteiger partial charge is 0.456 e. The second-order valence-corrected chi connectivity index (χ2v) is 9.52. The van der Waals surface area contributed by atoms with Crippen LogP contribution in [0, 0.1) is 5.92 Å². The maximum absolute atomic E-state index is 12.4. The Labute approximate surface area is 174 Å². The summed E-state index contributed by atoms with van der Waals surface area (Å²) in [6.45, 7) is 5.51.